The van der Waals surface area contributed by atoms with Crippen LogP contribution in [0.15, 0.2) is 18.2 Å². The highest BCUT2D eigenvalue weighted by molar-refractivity contribution is 6.31. The summed E-state index contributed by atoms with van der Waals surface area (Å²) >= 11 is 5.89. The summed E-state index contributed by atoms with van der Waals surface area (Å²) in [7, 11) is 0. The van der Waals surface area contributed by atoms with Crippen LogP contribution in [0.2, 0.25) is 5.02 Å². The SMILES string of the molecule is CC1(C(=O)NC2CCCC2)Oc2ccc(Cl)cc2NC1=O. The third kappa shape index (κ3) is 2.58. The van der Waals surface area contributed by atoms with Crippen LogP contribution in [0.1, 0.15) is 32.6 Å². The molecule has 3 rings (SSSR count). The highest BCUT2D eigenvalue weighted by Crippen LogP contribution is 2.35. The lowest BCUT2D eigenvalue weighted by molar-refractivity contribution is -0.147. The lowest BCUT2D eigenvalue weighted by atomic mass is 10.0. The van der Waals surface area contributed by atoms with Gasteiger partial charge in [-0.1, -0.05) is 24.4 Å². The number of nitrogens with one attached hydrogen (secondary N) is 2. The van der Waals surface area contributed by atoms with Crippen molar-refractivity contribution >= 4 is 29.1 Å². The zero-order valence-corrected chi connectivity index (χ0v) is 12.5. The molecule has 0 saturated heterocycles. The minimum atomic E-state index is -1.55. The molecule has 112 valence electrons. The third-order valence-corrected chi connectivity index (χ3v) is 4.30. The number of fused-ring (bicyclic) bond motifs is 1. The number of hydrogen-bond donors (Lipinski definition) is 2. The molecule has 2 aliphatic rings. The second-order valence-corrected chi connectivity index (χ2v) is 6.12. The maximum Gasteiger partial charge on any atom is 0.278 e. The number of carbonyl (C=O) groups excluding carboxylic acids is 2. The monoisotopic (exact) mass is 308 g/mol. The number of ether oxygens (including phenoxy) is 1. The van der Waals surface area contributed by atoms with E-state index in [9.17, 15) is 9.59 Å². The van der Waals surface area contributed by atoms with Crippen molar-refractivity contribution in [2.45, 2.75) is 44.2 Å². The van der Waals surface area contributed by atoms with E-state index in [0.717, 1.165) is 25.7 Å². The Balaban J connectivity index is 1.82. The van der Waals surface area contributed by atoms with Crippen molar-refractivity contribution in [3.05, 3.63) is 23.2 Å². The van der Waals surface area contributed by atoms with Gasteiger partial charge in [-0.05, 0) is 38.0 Å². The molecule has 1 atom stereocenters. The molecular formula is C15H17ClN2O3. The summed E-state index contributed by atoms with van der Waals surface area (Å²) in [6.07, 6.45) is 4.12. The molecule has 1 saturated carbocycles. The fourth-order valence-corrected chi connectivity index (χ4v) is 2.91. The maximum absolute atomic E-state index is 12.4. The normalized spacial score (nSPS) is 25.0. The molecule has 1 heterocycles. The van der Waals surface area contributed by atoms with Gasteiger partial charge in [-0.3, -0.25) is 9.59 Å². The zero-order chi connectivity index (χ0) is 15.0. The molecule has 1 unspecified atom stereocenters. The second-order valence-electron chi connectivity index (χ2n) is 5.68. The number of hydrogen-bond acceptors (Lipinski definition) is 3. The lowest BCUT2D eigenvalue weighted by Crippen LogP contribution is -2.60. The first-order valence-corrected chi connectivity index (χ1v) is 7.48. The minimum Gasteiger partial charge on any atom is -0.466 e. The second kappa shape index (κ2) is 5.22. The van der Waals surface area contributed by atoms with Gasteiger partial charge in [-0.15, -0.1) is 0 Å². The molecule has 2 N–H and O–H groups in total. The quantitative estimate of drug-likeness (QED) is 0.825. The summed E-state index contributed by atoms with van der Waals surface area (Å²) < 4.78 is 5.68. The summed E-state index contributed by atoms with van der Waals surface area (Å²) in [6, 6.07) is 5.05. The third-order valence-electron chi connectivity index (χ3n) is 4.06. The van der Waals surface area contributed by atoms with Crippen LogP contribution < -0.4 is 15.4 Å². The van der Waals surface area contributed by atoms with E-state index in [4.69, 9.17) is 16.3 Å². The fraction of sp³-hybridized carbons (Fsp3) is 0.467. The minimum absolute atomic E-state index is 0.136. The molecule has 2 amide bonds. The van der Waals surface area contributed by atoms with Crippen LogP contribution >= 0.6 is 11.6 Å². The molecule has 1 aliphatic carbocycles. The summed E-state index contributed by atoms with van der Waals surface area (Å²) in [6.45, 7) is 1.49. The Hall–Kier alpha value is -1.75. The molecule has 0 bridgehead atoms. The van der Waals surface area contributed by atoms with E-state index < -0.39 is 17.4 Å². The van der Waals surface area contributed by atoms with Crippen LogP contribution in [-0.4, -0.2) is 23.5 Å². The summed E-state index contributed by atoms with van der Waals surface area (Å²) in [5.74, 6) is -0.427. The Kier molecular flexibility index (Phi) is 3.53. The molecule has 6 heteroatoms. The molecule has 5 nitrogen and oxygen atoms in total. The predicted octanol–water partition coefficient (Wildman–Crippen LogP) is 2.49. The summed E-state index contributed by atoms with van der Waals surface area (Å²) in [5, 5.41) is 6.10. The number of benzene rings is 1. The number of halogens is 1. The van der Waals surface area contributed by atoms with Gasteiger partial charge in [0.2, 0.25) is 0 Å². The van der Waals surface area contributed by atoms with Crippen LogP contribution in [0, 0.1) is 0 Å². The van der Waals surface area contributed by atoms with Crippen LogP contribution in [0.5, 0.6) is 5.75 Å². The molecule has 0 spiro atoms. The number of anilines is 1. The highest BCUT2D eigenvalue weighted by atomic mass is 35.5. The van der Waals surface area contributed by atoms with E-state index in [-0.39, 0.29) is 6.04 Å². The largest absolute Gasteiger partial charge is 0.466 e. The average molecular weight is 309 g/mol. The van der Waals surface area contributed by atoms with Crippen LogP contribution in [0.25, 0.3) is 0 Å². The Morgan fingerprint density at radius 1 is 1.43 bits per heavy atom. The smallest absolute Gasteiger partial charge is 0.278 e. The van der Waals surface area contributed by atoms with Crippen molar-refractivity contribution in [3.63, 3.8) is 0 Å². The predicted molar refractivity (Wildman–Crippen MR) is 79.5 cm³/mol. The van der Waals surface area contributed by atoms with E-state index >= 15 is 0 Å². The Labute approximate surface area is 128 Å². The zero-order valence-electron chi connectivity index (χ0n) is 11.7. The highest BCUT2D eigenvalue weighted by Gasteiger charge is 2.47. The first kappa shape index (κ1) is 14.2. The van der Waals surface area contributed by atoms with E-state index in [2.05, 4.69) is 10.6 Å². The van der Waals surface area contributed by atoms with E-state index in [1.807, 2.05) is 0 Å². The molecule has 1 fully saturated rings. The first-order chi connectivity index (χ1) is 9.99. The van der Waals surface area contributed by atoms with Crippen molar-refractivity contribution in [1.29, 1.82) is 0 Å². The first-order valence-electron chi connectivity index (χ1n) is 7.10. The molecule has 1 aromatic rings. The van der Waals surface area contributed by atoms with E-state index in [0.29, 0.717) is 16.5 Å². The van der Waals surface area contributed by atoms with Gasteiger partial charge >= 0.3 is 0 Å². The van der Waals surface area contributed by atoms with Crippen LogP contribution in [-0.2, 0) is 9.59 Å². The lowest BCUT2D eigenvalue weighted by Gasteiger charge is -2.34. The maximum atomic E-state index is 12.4. The van der Waals surface area contributed by atoms with Crippen molar-refractivity contribution in [1.82, 2.24) is 5.32 Å². The van der Waals surface area contributed by atoms with Gasteiger partial charge in [0.25, 0.3) is 17.4 Å². The van der Waals surface area contributed by atoms with Crippen molar-refractivity contribution in [2.24, 2.45) is 0 Å². The number of amides is 2. The standard InChI is InChI=1S/C15H17ClN2O3/c1-15(13(19)17-10-4-2-3-5-10)14(20)18-11-8-9(16)6-7-12(11)21-15/h6-8,10H,2-5H2,1H3,(H,17,19)(H,18,20). The molecular weight excluding hydrogens is 292 g/mol. The molecule has 0 radical (unpaired) electrons. The van der Waals surface area contributed by atoms with Gasteiger partial charge in [0, 0.05) is 11.1 Å². The van der Waals surface area contributed by atoms with Gasteiger partial charge in [0.1, 0.15) is 5.75 Å². The summed E-state index contributed by atoms with van der Waals surface area (Å²) in [5.41, 5.74) is -1.07. The van der Waals surface area contributed by atoms with E-state index in [1.54, 1.807) is 18.2 Å². The van der Waals surface area contributed by atoms with Crippen molar-refractivity contribution in [2.75, 3.05) is 5.32 Å². The van der Waals surface area contributed by atoms with Crippen molar-refractivity contribution in [3.8, 4) is 5.75 Å². The Morgan fingerprint density at radius 2 is 2.14 bits per heavy atom. The number of rotatable bonds is 2. The van der Waals surface area contributed by atoms with Crippen molar-refractivity contribution < 1.29 is 14.3 Å². The topological polar surface area (TPSA) is 67.4 Å². The van der Waals surface area contributed by atoms with Gasteiger partial charge in [-0.2, -0.15) is 0 Å². The Bertz CT molecular complexity index is 599. The molecule has 0 aromatic heterocycles. The average Bonchev–Trinajstić information content (AvgIpc) is 2.93. The Morgan fingerprint density at radius 3 is 2.86 bits per heavy atom. The fourth-order valence-electron chi connectivity index (χ4n) is 2.74. The molecule has 21 heavy (non-hydrogen) atoms. The molecule has 1 aliphatic heterocycles. The summed E-state index contributed by atoms with van der Waals surface area (Å²) in [4.78, 5) is 24.7. The molecule has 1 aromatic carbocycles. The number of carbonyl (C=O) groups is 2. The van der Waals surface area contributed by atoms with Gasteiger partial charge in [0.05, 0.1) is 5.69 Å². The van der Waals surface area contributed by atoms with Crippen LogP contribution in [0.4, 0.5) is 5.69 Å². The van der Waals surface area contributed by atoms with Gasteiger partial charge < -0.3 is 15.4 Å². The van der Waals surface area contributed by atoms with Crippen LogP contribution in [0.3, 0.4) is 0 Å². The van der Waals surface area contributed by atoms with Gasteiger partial charge in [-0.25, -0.2) is 0 Å². The van der Waals surface area contributed by atoms with Gasteiger partial charge in [0.15, 0.2) is 0 Å². The van der Waals surface area contributed by atoms with E-state index in [1.165, 1.54) is 6.92 Å².